The monoisotopic (exact) mass is 275 g/mol. The number of nitrogens with one attached hydrogen (secondary N) is 2. The third-order valence-corrected chi connectivity index (χ3v) is 3.50. The Morgan fingerprint density at radius 3 is 2.85 bits per heavy atom. The zero-order chi connectivity index (χ0) is 14.5. The maximum atomic E-state index is 12.1. The number of nitrogens with zero attached hydrogens (tertiary/aromatic N) is 1. The van der Waals surface area contributed by atoms with Crippen LogP contribution in [0.5, 0.6) is 0 Å². The molecule has 108 valence electrons. The molecule has 0 radical (unpaired) electrons. The van der Waals surface area contributed by atoms with Crippen LogP contribution in [0.1, 0.15) is 18.4 Å². The van der Waals surface area contributed by atoms with E-state index in [1.54, 1.807) is 14.1 Å². The summed E-state index contributed by atoms with van der Waals surface area (Å²) in [6.07, 6.45) is 2.02. The van der Waals surface area contributed by atoms with Crippen molar-refractivity contribution >= 4 is 17.5 Å². The van der Waals surface area contributed by atoms with Crippen LogP contribution in [0.4, 0.5) is 5.69 Å². The van der Waals surface area contributed by atoms with Crippen molar-refractivity contribution in [1.29, 1.82) is 0 Å². The molecule has 0 aliphatic carbocycles. The Bertz CT molecular complexity index is 500. The van der Waals surface area contributed by atoms with Gasteiger partial charge in [-0.05, 0) is 24.5 Å². The first-order valence-corrected chi connectivity index (χ1v) is 6.90. The van der Waals surface area contributed by atoms with E-state index in [1.165, 1.54) is 10.5 Å². The van der Waals surface area contributed by atoms with Gasteiger partial charge in [-0.2, -0.15) is 0 Å². The van der Waals surface area contributed by atoms with Crippen LogP contribution in [0.25, 0.3) is 0 Å². The van der Waals surface area contributed by atoms with Crippen LogP contribution in [0.2, 0.25) is 0 Å². The predicted octanol–water partition coefficient (Wildman–Crippen LogP) is 1.01. The van der Waals surface area contributed by atoms with Gasteiger partial charge in [0.2, 0.25) is 11.8 Å². The van der Waals surface area contributed by atoms with Gasteiger partial charge in [-0.1, -0.05) is 18.2 Å². The van der Waals surface area contributed by atoms with Crippen LogP contribution in [0.15, 0.2) is 24.3 Å². The Balaban J connectivity index is 1.81. The van der Waals surface area contributed by atoms with Crippen molar-refractivity contribution in [1.82, 2.24) is 10.2 Å². The Hall–Kier alpha value is -2.04. The van der Waals surface area contributed by atoms with Crippen molar-refractivity contribution in [3.63, 3.8) is 0 Å². The van der Waals surface area contributed by atoms with Crippen molar-refractivity contribution in [2.45, 2.75) is 25.3 Å². The first-order valence-electron chi connectivity index (χ1n) is 6.90. The molecule has 5 nitrogen and oxygen atoms in total. The van der Waals surface area contributed by atoms with E-state index >= 15 is 0 Å². The summed E-state index contributed by atoms with van der Waals surface area (Å²) in [7, 11) is 3.42. The van der Waals surface area contributed by atoms with Gasteiger partial charge in [-0.3, -0.25) is 9.59 Å². The van der Waals surface area contributed by atoms with E-state index in [0.717, 1.165) is 18.5 Å². The van der Waals surface area contributed by atoms with E-state index in [1.807, 2.05) is 18.2 Å². The highest BCUT2D eigenvalue weighted by Gasteiger charge is 2.23. The summed E-state index contributed by atoms with van der Waals surface area (Å²) in [5.41, 5.74) is 2.28. The molecule has 1 aliphatic rings. The molecular formula is C15H21N3O2. The number of fused-ring (bicyclic) bond motifs is 1. The highest BCUT2D eigenvalue weighted by molar-refractivity contribution is 5.86. The van der Waals surface area contributed by atoms with Crippen LogP contribution in [0.3, 0.4) is 0 Å². The average Bonchev–Trinajstić information content (AvgIpc) is 2.46. The van der Waals surface area contributed by atoms with Gasteiger partial charge in [0.1, 0.15) is 6.04 Å². The van der Waals surface area contributed by atoms with Gasteiger partial charge in [0.25, 0.3) is 0 Å². The maximum absolute atomic E-state index is 12.1. The second kappa shape index (κ2) is 6.41. The smallest absolute Gasteiger partial charge is 0.242 e. The van der Waals surface area contributed by atoms with Gasteiger partial charge in [0.05, 0.1) is 0 Å². The van der Waals surface area contributed by atoms with Gasteiger partial charge >= 0.3 is 0 Å². The third kappa shape index (κ3) is 3.50. The first-order chi connectivity index (χ1) is 9.58. The second-order valence-electron chi connectivity index (χ2n) is 5.22. The molecule has 20 heavy (non-hydrogen) atoms. The quantitative estimate of drug-likeness (QED) is 0.862. The lowest BCUT2D eigenvalue weighted by molar-refractivity contribution is -0.128. The normalized spacial score (nSPS) is 16.8. The molecule has 2 N–H and O–H groups in total. The van der Waals surface area contributed by atoms with Crippen molar-refractivity contribution in [2.75, 3.05) is 26.0 Å². The molecule has 1 atom stereocenters. The molecule has 2 amide bonds. The number of anilines is 1. The minimum atomic E-state index is -0.209. The Morgan fingerprint density at radius 2 is 2.10 bits per heavy atom. The Morgan fingerprint density at radius 1 is 1.35 bits per heavy atom. The number of hydrogen-bond acceptors (Lipinski definition) is 3. The van der Waals surface area contributed by atoms with Crippen LogP contribution in [-0.4, -0.2) is 43.4 Å². The number of rotatable bonds is 4. The molecule has 1 aliphatic heterocycles. The van der Waals surface area contributed by atoms with Crippen molar-refractivity contribution in [2.24, 2.45) is 0 Å². The summed E-state index contributed by atoms with van der Waals surface area (Å²) in [5, 5.41) is 6.07. The van der Waals surface area contributed by atoms with E-state index in [4.69, 9.17) is 0 Å². The number of aryl methyl sites for hydroxylation is 1. The highest BCUT2D eigenvalue weighted by atomic mass is 16.2. The van der Waals surface area contributed by atoms with E-state index in [-0.39, 0.29) is 17.9 Å². The first kappa shape index (κ1) is 14.4. The lowest BCUT2D eigenvalue weighted by Gasteiger charge is -2.26. The molecule has 0 spiro atoms. The topological polar surface area (TPSA) is 61.4 Å². The van der Waals surface area contributed by atoms with Crippen LogP contribution >= 0.6 is 0 Å². The molecule has 0 aromatic heterocycles. The molecule has 1 aromatic carbocycles. The second-order valence-corrected chi connectivity index (χ2v) is 5.22. The van der Waals surface area contributed by atoms with E-state index in [0.29, 0.717) is 13.0 Å². The van der Waals surface area contributed by atoms with Crippen LogP contribution in [-0.2, 0) is 16.0 Å². The number of carbonyl (C=O) groups is 2. The van der Waals surface area contributed by atoms with Gasteiger partial charge in [0.15, 0.2) is 0 Å². The SMILES string of the molecule is CN(C)C(=O)CCNC(=O)C1CCc2ccccc2N1. The molecule has 1 aromatic rings. The summed E-state index contributed by atoms with van der Waals surface area (Å²) in [6.45, 7) is 0.385. The van der Waals surface area contributed by atoms with E-state index in [9.17, 15) is 9.59 Å². The summed E-state index contributed by atoms with van der Waals surface area (Å²) < 4.78 is 0. The molecule has 1 heterocycles. The van der Waals surface area contributed by atoms with E-state index in [2.05, 4.69) is 16.7 Å². The summed E-state index contributed by atoms with van der Waals surface area (Å²) in [5.74, 6) is -0.0155. The van der Waals surface area contributed by atoms with Crippen molar-refractivity contribution < 1.29 is 9.59 Å². The fourth-order valence-electron chi connectivity index (χ4n) is 2.27. The molecule has 0 saturated heterocycles. The zero-order valence-electron chi connectivity index (χ0n) is 12.0. The zero-order valence-corrected chi connectivity index (χ0v) is 12.0. The molecule has 2 rings (SSSR count). The fraction of sp³-hybridized carbons (Fsp3) is 0.467. The minimum Gasteiger partial charge on any atom is -0.373 e. The van der Waals surface area contributed by atoms with Gasteiger partial charge in [-0.15, -0.1) is 0 Å². The molecule has 0 fully saturated rings. The molecule has 0 saturated carbocycles. The molecular weight excluding hydrogens is 254 g/mol. The minimum absolute atomic E-state index is 0.0206. The van der Waals surface area contributed by atoms with Gasteiger partial charge < -0.3 is 15.5 Å². The predicted molar refractivity (Wildman–Crippen MR) is 78.5 cm³/mol. The molecule has 1 unspecified atom stereocenters. The van der Waals surface area contributed by atoms with Crippen LogP contribution < -0.4 is 10.6 Å². The number of para-hydroxylation sites is 1. The number of amides is 2. The summed E-state index contributed by atoms with van der Waals surface area (Å²) in [6, 6.07) is 7.82. The summed E-state index contributed by atoms with van der Waals surface area (Å²) in [4.78, 5) is 25.0. The van der Waals surface area contributed by atoms with E-state index < -0.39 is 0 Å². The number of carbonyl (C=O) groups excluding carboxylic acids is 2. The molecule has 0 bridgehead atoms. The number of hydrogen-bond donors (Lipinski definition) is 2. The lowest BCUT2D eigenvalue weighted by atomic mass is 9.98. The highest BCUT2D eigenvalue weighted by Crippen LogP contribution is 2.24. The number of benzene rings is 1. The van der Waals surface area contributed by atoms with Gasteiger partial charge in [0, 0.05) is 32.7 Å². The fourth-order valence-corrected chi connectivity index (χ4v) is 2.27. The summed E-state index contributed by atoms with van der Waals surface area (Å²) >= 11 is 0. The maximum Gasteiger partial charge on any atom is 0.242 e. The Kier molecular flexibility index (Phi) is 4.61. The van der Waals surface area contributed by atoms with Crippen molar-refractivity contribution in [3.8, 4) is 0 Å². The molecule has 5 heteroatoms. The van der Waals surface area contributed by atoms with Crippen LogP contribution in [0, 0.1) is 0 Å². The van der Waals surface area contributed by atoms with Crippen molar-refractivity contribution in [3.05, 3.63) is 29.8 Å². The van der Waals surface area contributed by atoms with Gasteiger partial charge in [-0.25, -0.2) is 0 Å². The third-order valence-electron chi connectivity index (χ3n) is 3.50. The lowest BCUT2D eigenvalue weighted by Crippen LogP contribution is -2.42. The standard InChI is InChI=1S/C15H21N3O2/c1-18(2)14(19)9-10-16-15(20)13-8-7-11-5-3-4-6-12(11)17-13/h3-6,13,17H,7-10H2,1-2H3,(H,16,20). The largest absolute Gasteiger partial charge is 0.373 e. The average molecular weight is 275 g/mol. The Labute approximate surface area is 119 Å².